The largest absolute Gasteiger partial charge is 0.497 e. The quantitative estimate of drug-likeness (QED) is 0.771. The summed E-state index contributed by atoms with van der Waals surface area (Å²) in [6, 6.07) is 8.62. The summed E-state index contributed by atoms with van der Waals surface area (Å²) in [7, 11) is 1.73. The van der Waals surface area contributed by atoms with Gasteiger partial charge in [-0.1, -0.05) is 51.7 Å². The molecule has 0 spiro atoms. The number of ether oxygens (including phenoxy) is 1. The van der Waals surface area contributed by atoms with E-state index >= 15 is 0 Å². The molecule has 1 aliphatic carbocycles. The number of nitrogens with one attached hydrogen (secondary N) is 1. The van der Waals surface area contributed by atoms with Gasteiger partial charge in [0.1, 0.15) is 5.75 Å². The molecule has 1 N–H and O–H groups in total. The van der Waals surface area contributed by atoms with E-state index in [-0.39, 0.29) is 0 Å². The first-order chi connectivity index (χ1) is 10.2. The minimum atomic E-state index is 0.732. The minimum Gasteiger partial charge on any atom is -0.497 e. The molecule has 0 bridgehead atoms. The molecule has 0 aliphatic heterocycles. The van der Waals surface area contributed by atoms with E-state index in [4.69, 9.17) is 4.74 Å². The van der Waals surface area contributed by atoms with Crippen LogP contribution in [0.5, 0.6) is 5.75 Å². The number of hydrogen-bond acceptors (Lipinski definition) is 2. The number of methoxy groups -OCH3 is 1. The Hall–Kier alpha value is -1.02. The molecular formula is C19H31NO. The smallest absolute Gasteiger partial charge is 0.118 e. The Morgan fingerprint density at radius 2 is 1.76 bits per heavy atom. The van der Waals surface area contributed by atoms with E-state index in [9.17, 15) is 0 Å². The molecule has 0 aromatic heterocycles. The second-order valence-corrected chi connectivity index (χ2v) is 6.91. The molecule has 0 radical (unpaired) electrons. The van der Waals surface area contributed by atoms with Crippen molar-refractivity contribution in [2.75, 3.05) is 20.2 Å². The first kappa shape index (κ1) is 16.4. The van der Waals surface area contributed by atoms with E-state index in [2.05, 4.69) is 43.4 Å². The van der Waals surface area contributed by atoms with Crippen molar-refractivity contribution in [2.24, 2.45) is 17.8 Å². The molecule has 0 amide bonds. The molecule has 2 rings (SSSR count). The van der Waals surface area contributed by atoms with Crippen LogP contribution in [0.15, 0.2) is 24.3 Å². The fourth-order valence-electron chi connectivity index (χ4n) is 3.46. The minimum absolute atomic E-state index is 0.732. The van der Waals surface area contributed by atoms with E-state index in [0.29, 0.717) is 0 Å². The van der Waals surface area contributed by atoms with Crippen LogP contribution in [0, 0.1) is 17.8 Å². The lowest BCUT2D eigenvalue weighted by Gasteiger charge is -2.24. The second kappa shape index (κ2) is 8.43. The van der Waals surface area contributed by atoms with Crippen molar-refractivity contribution in [3.63, 3.8) is 0 Å². The van der Waals surface area contributed by atoms with Crippen LogP contribution in [0.2, 0.25) is 0 Å². The zero-order valence-electron chi connectivity index (χ0n) is 13.9. The van der Waals surface area contributed by atoms with E-state index in [1.54, 1.807) is 7.11 Å². The molecule has 118 valence electrons. The SMILES string of the molecule is COc1ccc(CC(CNCC(C)C)C2CCCC2)cc1. The predicted octanol–water partition coefficient (Wildman–Crippen LogP) is 4.29. The molecule has 2 nitrogen and oxygen atoms in total. The fourth-order valence-corrected chi connectivity index (χ4v) is 3.46. The molecule has 1 aromatic rings. The third-order valence-corrected chi connectivity index (χ3v) is 4.68. The van der Waals surface area contributed by atoms with Crippen LogP contribution in [-0.4, -0.2) is 20.2 Å². The average Bonchev–Trinajstić information content (AvgIpc) is 3.01. The van der Waals surface area contributed by atoms with Gasteiger partial charge in [-0.2, -0.15) is 0 Å². The first-order valence-electron chi connectivity index (χ1n) is 8.52. The van der Waals surface area contributed by atoms with Crippen LogP contribution >= 0.6 is 0 Å². The third-order valence-electron chi connectivity index (χ3n) is 4.68. The summed E-state index contributed by atoms with van der Waals surface area (Å²) in [6.45, 7) is 6.85. The summed E-state index contributed by atoms with van der Waals surface area (Å²) in [5, 5.41) is 3.68. The summed E-state index contributed by atoms with van der Waals surface area (Å²) >= 11 is 0. The van der Waals surface area contributed by atoms with Crippen LogP contribution in [0.25, 0.3) is 0 Å². The first-order valence-corrected chi connectivity index (χ1v) is 8.52. The van der Waals surface area contributed by atoms with Crippen LogP contribution in [-0.2, 0) is 6.42 Å². The standard InChI is InChI=1S/C19H31NO/c1-15(2)13-20-14-18(17-6-4-5-7-17)12-16-8-10-19(21-3)11-9-16/h8-11,15,17-18,20H,4-7,12-14H2,1-3H3. The van der Waals surface area contributed by atoms with Gasteiger partial charge in [-0.25, -0.2) is 0 Å². The Morgan fingerprint density at radius 1 is 1.10 bits per heavy atom. The van der Waals surface area contributed by atoms with Crippen molar-refractivity contribution in [1.82, 2.24) is 5.32 Å². The summed E-state index contributed by atoms with van der Waals surface area (Å²) < 4.78 is 5.25. The molecule has 0 saturated heterocycles. The Labute approximate surface area is 130 Å². The molecular weight excluding hydrogens is 258 g/mol. The second-order valence-electron chi connectivity index (χ2n) is 6.91. The van der Waals surface area contributed by atoms with Crippen molar-refractivity contribution in [3.05, 3.63) is 29.8 Å². The van der Waals surface area contributed by atoms with Crippen molar-refractivity contribution >= 4 is 0 Å². The maximum Gasteiger partial charge on any atom is 0.118 e. The summed E-state index contributed by atoms with van der Waals surface area (Å²) in [4.78, 5) is 0. The number of rotatable bonds is 8. The summed E-state index contributed by atoms with van der Waals surface area (Å²) in [6.07, 6.45) is 6.88. The van der Waals surface area contributed by atoms with Gasteiger partial charge in [-0.3, -0.25) is 0 Å². The molecule has 0 heterocycles. The highest BCUT2D eigenvalue weighted by atomic mass is 16.5. The van der Waals surface area contributed by atoms with Crippen LogP contribution in [0.1, 0.15) is 45.1 Å². The topological polar surface area (TPSA) is 21.3 Å². The molecule has 1 fully saturated rings. The van der Waals surface area contributed by atoms with Gasteiger partial charge in [-0.05, 0) is 55.0 Å². The van der Waals surface area contributed by atoms with Crippen molar-refractivity contribution in [1.29, 1.82) is 0 Å². The number of hydrogen-bond donors (Lipinski definition) is 1. The number of benzene rings is 1. The molecule has 1 unspecified atom stereocenters. The van der Waals surface area contributed by atoms with Crippen molar-refractivity contribution in [3.8, 4) is 5.75 Å². The highest BCUT2D eigenvalue weighted by Gasteiger charge is 2.24. The molecule has 1 aromatic carbocycles. The molecule has 21 heavy (non-hydrogen) atoms. The van der Waals surface area contributed by atoms with Gasteiger partial charge in [-0.15, -0.1) is 0 Å². The Kier molecular flexibility index (Phi) is 6.56. The molecule has 2 heteroatoms. The van der Waals surface area contributed by atoms with Crippen molar-refractivity contribution in [2.45, 2.75) is 46.0 Å². The summed E-state index contributed by atoms with van der Waals surface area (Å²) in [5.41, 5.74) is 1.44. The highest BCUT2D eigenvalue weighted by Crippen LogP contribution is 2.33. The van der Waals surface area contributed by atoms with Gasteiger partial charge in [0.05, 0.1) is 7.11 Å². The Bertz CT molecular complexity index is 393. The van der Waals surface area contributed by atoms with Crippen LogP contribution < -0.4 is 10.1 Å². The van der Waals surface area contributed by atoms with Gasteiger partial charge in [0.25, 0.3) is 0 Å². The van der Waals surface area contributed by atoms with Gasteiger partial charge in [0.2, 0.25) is 0 Å². The van der Waals surface area contributed by atoms with Crippen molar-refractivity contribution < 1.29 is 4.74 Å². The monoisotopic (exact) mass is 289 g/mol. The molecule has 1 aliphatic rings. The zero-order chi connectivity index (χ0) is 15.1. The lowest BCUT2D eigenvalue weighted by atomic mass is 9.85. The van der Waals surface area contributed by atoms with Crippen LogP contribution in [0.3, 0.4) is 0 Å². The summed E-state index contributed by atoms with van der Waals surface area (Å²) in [5.74, 6) is 3.37. The highest BCUT2D eigenvalue weighted by molar-refractivity contribution is 5.27. The maximum absolute atomic E-state index is 5.25. The lowest BCUT2D eigenvalue weighted by molar-refractivity contribution is 0.316. The van der Waals surface area contributed by atoms with E-state index in [0.717, 1.165) is 36.6 Å². The zero-order valence-corrected chi connectivity index (χ0v) is 13.9. The third kappa shape index (κ3) is 5.35. The molecule has 1 saturated carbocycles. The normalized spacial score (nSPS) is 17.3. The van der Waals surface area contributed by atoms with Gasteiger partial charge >= 0.3 is 0 Å². The maximum atomic E-state index is 5.25. The molecule has 1 atom stereocenters. The lowest BCUT2D eigenvalue weighted by Crippen LogP contribution is -2.31. The Morgan fingerprint density at radius 3 is 2.33 bits per heavy atom. The van der Waals surface area contributed by atoms with Crippen LogP contribution in [0.4, 0.5) is 0 Å². The average molecular weight is 289 g/mol. The van der Waals surface area contributed by atoms with E-state index in [1.165, 1.54) is 37.7 Å². The van der Waals surface area contributed by atoms with E-state index < -0.39 is 0 Å². The fraction of sp³-hybridized carbons (Fsp3) is 0.684. The van der Waals surface area contributed by atoms with E-state index in [1.807, 2.05) is 0 Å². The van der Waals surface area contributed by atoms with Gasteiger partial charge in [0, 0.05) is 0 Å². The van der Waals surface area contributed by atoms with Gasteiger partial charge < -0.3 is 10.1 Å². The van der Waals surface area contributed by atoms with Gasteiger partial charge in [0.15, 0.2) is 0 Å². The Balaban J connectivity index is 1.93. The predicted molar refractivity (Wildman–Crippen MR) is 89.9 cm³/mol.